The van der Waals surface area contributed by atoms with Gasteiger partial charge in [0.05, 0.1) is 29.2 Å². The van der Waals surface area contributed by atoms with Crippen molar-refractivity contribution in [2.75, 3.05) is 7.11 Å². The lowest BCUT2D eigenvalue weighted by molar-refractivity contribution is 0.286. The fourth-order valence-electron chi connectivity index (χ4n) is 5.52. The van der Waals surface area contributed by atoms with Gasteiger partial charge >= 0.3 is 0 Å². The van der Waals surface area contributed by atoms with Crippen molar-refractivity contribution in [3.05, 3.63) is 111 Å². The summed E-state index contributed by atoms with van der Waals surface area (Å²) in [7, 11) is 1.58. The van der Waals surface area contributed by atoms with Gasteiger partial charge in [-0.15, -0.1) is 0 Å². The average Bonchev–Trinajstić information content (AvgIpc) is 3.00. The number of hydrogen-bond acceptors (Lipinski definition) is 5. The molecule has 6 rings (SSSR count). The Morgan fingerprint density at radius 2 is 1.73 bits per heavy atom. The normalized spacial score (nSPS) is 14.2. The van der Waals surface area contributed by atoms with Gasteiger partial charge in [-0.1, -0.05) is 85.5 Å². The molecule has 1 fully saturated rings. The maximum Gasteiger partial charge on any atom is 0.282 e. The van der Waals surface area contributed by atoms with Gasteiger partial charge in [-0.3, -0.25) is 4.79 Å². The number of nitrogens with zero attached hydrogens (tertiary/aromatic N) is 3. The number of methoxy groups -OCH3 is 1. The van der Waals surface area contributed by atoms with Gasteiger partial charge in [0.25, 0.3) is 5.56 Å². The van der Waals surface area contributed by atoms with E-state index in [2.05, 4.69) is 23.3 Å². The number of ether oxygens (including phenoxy) is 2. The van der Waals surface area contributed by atoms with Crippen LogP contribution in [0, 0.1) is 0 Å². The third-order valence-electron chi connectivity index (χ3n) is 7.58. The number of rotatable bonds is 7. The van der Waals surface area contributed by atoms with E-state index >= 15 is 0 Å². The molecule has 1 heterocycles. The predicted molar refractivity (Wildman–Crippen MR) is 161 cm³/mol. The minimum absolute atomic E-state index is 0.171. The van der Waals surface area contributed by atoms with Crippen LogP contribution in [0.2, 0.25) is 5.02 Å². The summed E-state index contributed by atoms with van der Waals surface area (Å²) in [6.07, 6.45) is 7.11. The highest BCUT2D eigenvalue weighted by atomic mass is 35.5. The van der Waals surface area contributed by atoms with Gasteiger partial charge in [0.2, 0.25) is 0 Å². The van der Waals surface area contributed by atoms with Crippen LogP contribution in [0.4, 0.5) is 0 Å². The molecule has 0 bridgehead atoms. The highest BCUT2D eigenvalue weighted by Crippen LogP contribution is 2.37. The third kappa shape index (κ3) is 5.19. The Morgan fingerprint density at radius 1 is 0.975 bits per heavy atom. The summed E-state index contributed by atoms with van der Waals surface area (Å²) in [6, 6.07) is 25.4. The van der Waals surface area contributed by atoms with E-state index in [1.165, 1.54) is 11.1 Å². The van der Waals surface area contributed by atoms with Gasteiger partial charge in [-0.05, 0) is 59.0 Å². The van der Waals surface area contributed by atoms with Crippen LogP contribution in [0.5, 0.6) is 11.5 Å². The Kier molecular flexibility index (Phi) is 7.51. The number of fused-ring (bicyclic) bond motifs is 2. The predicted octanol–water partition coefficient (Wildman–Crippen LogP) is 7.72. The number of benzene rings is 4. The van der Waals surface area contributed by atoms with Crippen LogP contribution in [0.1, 0.15) is 55.0 Å². The summed E-state index contributed by atoms with van der Waals surface area (Å²) >= 11 is 6.69. The van der Waals surface area contributed by atoms with E-state index in [1.807, 2.05) is 48.5 Å². The molecule has 0 unspecified atom stereocenters. The molecule has 1 aromatic heterocycles. The van der Waals surface area contributed by atoms with Crippen LogP contribution >= 0.6 is 11.6 Å². The first-order chi connectivity index (χ1) is 19.6. The highest BCUT2D eigenvalue weighted by molar-refractivity contribution is 6.32. The Hall–Kier alpha value is -4.16. The fraction of sp³-hybridized carbons (Fsp3) is 0.242. The molecule has 0 radical (unpaired) electrons. The van der Waals surface area contributed by atoms with Crippen molar-refractivity contribution < 1.29 is 9.47 Å². The van der Waals surface area contributed by atoms with Crippen molar-refractivity contribution in [1.29, 1.82) is 0 Å². The van der Waals surface area contributed by atoms with E-state index in [0.717, 1.165) is 42.0 Å². The van der Waals surface area contributed by atoms with Crippen LogP contribution in [-0.2, 0) is 6.61 Å². The lowest BCUT2D eigenvalue weighted by Gasteiger charge is -2.22. The van der Waals surface area contributed by atoms with Crippen LogP contribution < -0.4 is 15.0 Å². The zero-order valence-electron chi connectivity index (χ0n) is 22.3. The van der Waals surface area contributed by atoms with E-state index in [0.29, 0.717) is 45.4 Å². The van der Waals surface area contributed by atoms with Gasteiger partial charge in [0.1, 0.15) is 12.4 Å². The maximum absolute atomic E-state index is 13.5. The quantitative estimate of drug-likeness (QED) is 0.194. The first-order valence-corrected chi connectivity index (χ1v) is 14.0. The largest absolute Gasteiger partial charge is 0.493 e. The number of para-hydroxylation sites is 1. The molecule has 1 aliphatic carbocycles. The van der Waals surface area contributed by atoms with E-state index in [1.54, 1.807) is 25.5 Å². The van der Waals surface area contributed by atoms with Crippen molar-refractivity contribution in [3.63, 3.8) is 0 Å². The molecule has 0 aliphatic heterocycles. The van der Waals surface area contributed by atoms with Gasteiger partial charge in [-0.25, -0.2) is 4.98 Å². The van der Waals surface area contributed by atoms with Crippen molar-refractivity contribution in [1.82, 2.24) is 9.66 Å². The van der Waals surface area contributed by atoms with E-state index in [9.17, 15) is 4.79 Å². The third-order valence-corrected chi connectivity index (χ3v) is 7.86. The van der Waals surface area contributed by atoms with Gasteiger partial charge in [-0.2, -0.15) is 9.78 Å². The summed E-state index contributed by atoms with van der Waals surface area (Å²) in [5, 5.41) is 7.87. The van der Waals surface area contributed by atoms with Gasteiger partial charge in [0.15, 0.2) is 11.5 Å². The highest BCUT2D eigenvalue weighted by Gasteiger charge is 2.22. The smallest absolute Gasteiger partial charge is 0.282 e. The van der Waals surface area contributed by atoms with Gasteiger partial charge < -0.3 is 9.47 Å². The molecule has 1 saturated carbocycles. The first kappa shape index (κ1) is 26.1. The Bertz CT molecular complexity index is 1770. The summed E-state index contributed by atoms with van der Waals surface area (Å²) in [6.45, 7) is 0.341. The van der Waals surface area contributed by atoms with Crippen molar-refractivity contribution in [2.45, 2.75) is 44.6 Å². The molecule has 0 spiro atoms. The van der Waals surface area contributed by atoms with Crippen LogP contribution in [-0.4, -0.2) is 23.0 Å². The molecule has 0 N–H and O–H groups in total. The van der Waals surface area contributed by atoms with E-state index < -0.39 is 0 Å². The Morgan fingerprint density at radius 3 is 2.55 bits per heavy atom. The standard InChI is InChI=1S/C33H30ClN3O3/c1-39-30-19-22(18-28(34)31(30)40-21-25-14-9-13-23-10-5-6-15-26(23)25)20-35-37-32(24-11-3-2-4-12-24)36-29-17-8-7-16-27(29)33(37)38/h5-10,13-20,24H,2-4,11-12,21H2,1H3. The number of halogens is 1. The van der Waals surface area contributed by atoms with Crippen LogP contribution in [0.15, 0.2) is 88.8 Å². The molecular weight excluding hydrogens is 522 g/mol. The lowest BCUT2D eigenvalue weighted by atomic mass is 9.88. The molecule has 6 nitrogen and oxygen atoms in total. The second-order valence-corrected chi connectivity index (χ2v) is 10.6. The SMILES string of the molecule is COc1cc(C=Nn2c(C3CCCCC3)nc3ccccc3c2=O)cc(Cl)c1OCc1cccc2ccccc12. The second kappa shape index (κ2) is 11.5. The fourth-order valence-corrected chi connectivity index (χ4v) is 5.80. The van der Waals surface area contributed by atoms with Crippen molar-refractivity contribution in [3.8, 4) is 11.5 Å². The summed E-state index contributed by atoms with van der Waals surface area (Å²) in [4.78, 5) is 18.4. The molecular formula is C33H30ClN3O3. The molecule has 7 heteroatoms. The number of hydrogen-bond donors (Lipinski definition) is 0. The molecule has 0 atom stereocenters. The molecule has 0 saturated heterocycles. The van der Waals surface area contributed by atoms with Gasteiger partial charge in [0, 0.05) is 5.92 Å². The molecule has 5 aromatic rings. The van der Waals surface area contributed by atoms with E-state index in [4.69, 9.17) is 26.1 Å². The minimum Gasteiger partial charge on any atom is -0.493 e. The zero-order valence-corrected chi connectivity index (χ0v) is 23.1. The maximum atomic E-state index is 13.5. The second-order valence-electron chi connectivity index (χ2n) is 10.1. The summed E-state index contributed by atoms with van der Waals surface area (Å²) < 4.78 is 13.3. The zero-order chi connectivity index (χ0) is 27.5. The number of aromatic nitrogens is 2. The summed E-state index contributed by atoms with van der Waals surface area (Å²) in [5.41, 5.74) is 2.28. The Labute approximate surface area is 237 Å². The van der Waals surface area contributed by atoms with Crippen LogP contribution in [0.25, 0.3) is 21.7 Å². The monoisotopic (exact) mass is 551 g/mol. The molecule has 40 heavy (non-hydrogen) atoms. The topological polar surface area (TPSA) is 65.7 Å². The molecule has 4 aromatic carbocycles. The van der Waals surface area contributed by atoms with E-state index in [-0.39, 0.29) is 11.5 Å². The lowest BCUT2D eigenvalue weighted by Crippen LogP contribution is -2.25. The van der Waals surface area contributed by atoms with Crippen LogP contribution in [0.3, 0.4) is 0 Å². The summed E-state index contributed by atoms with van der Waals surface area (Å²) in [5.74, 6) is 1.87. The molecule has 1 aliphatic rings. The molecule has 202 valence electrons. The van der Waals surface area contributed by atoms with Crippen molar-refractivity contribution >= 4 is 39.5 Å². The molecule has 0 amide bonds. The Balaban J connectivity index is 1.32. The average molecular weight is 552 g/mol. The van der Waals surface area contributed by atoms with Crippen molar-refractivity contribution in [2.24, 2.45) is 5.10 Å². The first-order valence-electron chi connectivity index (χ1n) is 13.7. The minimum atomic E-state index is -0.171.